The molecule has 0 unspecified atom stereocenters. The number of aliphatic hydroxyl groups excluding tert-OH is 1. The minimum Gasteiger partial charge on any atom is -0.453 e. The minimum atomic E-state index is -4.57. The summed E-state index contributed by atoms with van der Waals surface area (Å²) < 4.78 is 59.3. The number of carbonyl (C=O) groups is 2. The van der Waals surface area contributed by atoms with Crippen molar-refractivity contribution in [1.82, 2.24) is 4.90 Å². The van der Waals surface area contributed by atoms with E-state index in [1.165, 1.54) is 18.2 Å². The molecule has 1 amide bonds. The number of carbonyl (C=O) groups excluding carboxylic acids is 2. The zero-order valence-electron chi connectivity index (χ0n) is 28.9. The predicted molar refractivity (Wildman–Crippen MR) is 182 cm³/mol. The molecule has 0 radical (unpaired) electrons. The third kappa shape index (κ3) is 4.51. The van der Waals surface area contributed by atoms with Gasteiger partial charge >= 0.3 is 12.3 Å². The van der Waals surface area contributed by atoms with Gasteiger partial charge in [-0.1, -0.05) is 43.7 Å². The first-order valence-electron chi connectivity index (χ1n) is 18.4. The third-order valence-electron chi connectivity index (χ3n) is 14.7. The number of amides is 1. The number of Topliss-reactive ketones (excluding diaryl/α,β-unsaturated/α-hetero) is 1. The summed E-state index contributed by atoms with van der Waals surface area (Å²) in [5.74, 6) is -0.140. The molecule has 8 aliphatic rings. The Kier molecular flexibility index (Phi) is 7.26. The zero-order valence-corrected chi connectivity index (χ0v) is 29.6. The van der Waals surface area contributed by atoms with Crippen molar-refractivity contribution in [1.29, 1.82) is 0 Å². The van der Waals surface area contributed by atoms with Crippen molar-refractivity contribution in [3.8, 4) is 11.3 Å². The maximum absolute atomic E-state index is 15.0. The van der Waals surface area contributed by atoms with Crippen LogP contribution in [0.1, 0.15) is 87.8 Å². The molecule has 2 saturated heterocycles. The van der Waals surface area contributed by atoms with Crippen molar-refractivity contribution in [3.63, 3.8) is 0 Å². The Hall–Kier alpha value is -3.08. The summed E-state index contributed by atoms with van der Waals surface area (Å²) >= 11 is 6.37. The van der Waals surface area contributed by atoms with E-state index in [2.05, 4.69) is 32.1 Å². The van der Waals surface area contributed by atoms with Crippen molar-refractivity contribution in [2.24, 2.45) is 33.5 Å². The molecule has 272 valence electrons. The number of hydrogen-bond acceptors (Lipinski definition) is 6. The van der Waals surface area contributed by atoms with Gasteiger partial charge in [0.1, 0.15) is 11.4 Å². The van der Waals surface area contributed by atoms with Gasteiger partial charge in [0.25, 0.3) is 0 Å². The molecule has 10 rings (SSSR count). The second kappa shape index (κ2) is 11.0. The number of nitrogens with zero attached hydrogens (tertiary/aromatic N) is 1. The number of rotatable bonds is 5. The van der Waals surface area contributed by atoms with Gasteiger partial charge in [0.15, 0.2) is 5.76 Å². The smallest absolute Gasteiger partial charge is 0.416 e. The summed E-state index contributed by atoms with van der Waals surface area (Å²) in [5.41, 5.74) is -2.77. The lowest BCUT2D eigenvalue weighted by molar-refractivity contribution is -0.164. The normalized spacial score (nSPS) is 41.0. The highest BCUT2D eigenvalue weighted by molar-refractivity contribution is 6.33. The largest absolute Gasteiger partial charge is 0.453 e. The van der Waals surface area contributed by atoms with Crippen LogP contribution in [0.25, 0.3) is 11.3 Å². The second-order valence-corrected chi connectivity index (χ2v) is 17.2. The molecule has 3 spiro atoms. The van der Waals surface area contributed by atoms with Crippen LogP contribution in [-0.4, -0.2) is 59.4 Å². The van der Waals surface area contributed by atoms with Crippen LogP contribution in [0.2, 0.25) is 5.02 Å². The van der Waals surface area contributed by atoms with Gasteiger partial charge in [0.2, 0.25) is 5.78 Å². The van der Waals surface area contributed by atoms with Crippen molar-refractivity contribution in [2.45, 2.75) is 95.6 Å². The number of benzene rings is 1. The second-order valence-electron chi connectivity index (χ2n) is 16.8. The van der Waals surface area contributed by atoms with Gasteiger partial charge in [0, 0.05) is 34.0 Å². The maximum atomic E-state index is 15.0. The van der Waals surface area contributed by atoms with Crippen molar-refractivity contribution in [3.05, 3.63) is 70.5 Å². The average molecular weight is 726 g/mol. The van der Waals surface area contributed by atoms with Crippen molar-refractivity contribution < 1.29 is 41.8 Å². The number of hydrogen-bond donors (Lipinski definition) is 1. The summed E-state index contributed by atoms with van der Waals surface area (Å²) in [7, 11) is 0. The van der Waals surface area contributed by atoms with Gasteiger partial charge in [-0.2, -0.15) is 13.2 Å². The first-order valence-corrected chi connectivity index (χ1v) is 18.8. The van der Waals surface area contributed by atoms with Crippen LogP contribution in [0.15, 0.2) is 58.6 Å². The van der Waals surface area contributed by atoms with E-state index < -0.39 is 39.7 Å². The number of ketones is 1. The Bertz CT molecular complexity index is 1880. The van der Waals surface area contributed by atoms with Gasteiger partial charge < -0.3 is 23.9 Å². The molecule has 1 N–H and O–H groups in total. The highest BCUT2D eigenvalue weighted by Gasteiger charge is 2.76. The number of alkyl halides is 3. The standard InChI is InChI=1S/C40H43ClF3NO6/c1-35-12-9-24(46)19-37(35)15-16-39(27(20-37)33(47)30-8-7-29(50-30)26-18-23(40(42,43)44)5-6-28(26)41)31(35)10-13-36(2)32(39)11-14-38(36)22-45(34(48)51-38)21-25-4-3-17-49-25/h5-8,15-16,18,20,24-25,31-32,46H,3-4,9-14,17,19,21-22H2,1-2H3/t24-,25+,31+,32+,35+,36-,37-,38+,39+/m0/s1. The number of halogens is 4. The minimum absolute atomic E-state index is 0.0116. The number of aliphatic hydroxyl groups is 1. The number of furan rings is 1. The van der Waals surface area contributed by atoms with Crippen LogP contribution in [0.5, 0.6) is 0 Å². The zero-order chi connectivity index (χ0) is 35.8. The van der Waals surface area contributed by atoms with E-state index in [0.29, 0.717) is 44.5 Å². The van der Waals surface area contributed by atoms with Crippen molar-refractivity contribution >= 4 is 23.5 Å². The SMILES string of the molecule is C[C@]12CC[C@H]3[C@]4(C=C[C@@]5(C=C4C(=O)c4ccc(-c6cc(C(F)(F)F)ccc6Cl)o4)C[C@@H](O)CC[C@]35C)[C@@H]1CC[C@@]21CN(C[C@H]2CCCO2)C(=O)O1. The predicted octanol–water partition coefficient (Wildman–Crippen LogP) is 9.03. The van der Waals surface area contributed by atoms with Crippen LogP contribution >= 0.6 is 11.6 Å². The van der Waals surface area contributed by atoms with Gasteiger partial charge in [0.05, 0.1) is 35.9 Å². The molecule has 9 atom stereocenters. The van der Waals surface area contributed by atoms with Gasteiger partial charge in [-0.15, -0.1) is 0 Å². The molecule has 5 fully saturated rings. The average Bonchev–Trinajstić information content (AvgIpc) is 3.89. The fourth-order valence-corrected chi connectivity index (χ4v) is 12.4. The molecule has 2 aliphatic heterocycles. The first-order chi connectivity index (χ1) is 24.1. The summed E-state index contributed by atoms with van der Waals surface area (Å²) in [6.07, 6.45) is 8.28. The van der Waals surface area contributed by atoms with E-state index in [0.717, 1.165) is 50.7 Å². The molecular formula is C40H43ClF3NO6. The Morgan fingerprint density at radius 2 is 1.78 bits per heavy atom. The topological polar surface area (TPSA) is 89.2 Å². The molecule has 3 heterocycles. The Morgan fingerprint density at radius 1 is 1.02 bits per heavy atom. The van der Waals surface area contributed by atoms with Crippen LogP contribution in [0, 0.1) is 33.5 Å². The van der Waals surface area contributed by atoms with E-state index in [1.54, 1.807) is 0 Å². The van der Waals surface area contributed by atoms with E-state index in [1.807, 2.05) is 4.90 Å². The van der Waals surface area contributed by atoms with Gasteiger partial charge in [-0.3, -0.25) is 4.79 Å². The fraction of sp³-hybridized carbons (Fsp3) is 0.600. The fourth-order valence-electron chi connectivity index (χ4n) is 12.2. The highest BCUT2D eigenvalue weighted by atomic mass is 35.5. The Morgan fingerprint density at radius 3 is 2.55 bits per heavy atom. The van der Waals surface area contributed by atoms with Crippen molar-refractivity contribution in [2.75, 3.05) is 19.7 Å². The maximum Gasteiger partial charge on any atom is 0.416 e. The summed E-state index contributed by atoms with van der Waals surface area (Å²) in [5, 5.41) is 11.1. The van der Waals surface area contributed by atoms with E-state index >= 15 is 0 Å². The molecule has 1 aromatic carbocycles. The van der Waals surface area contributed by atoms with Crippen LogP contribution < -0.4 is 0 Å². The molecule has 2 bridgehead atoms. The lowest BCUT2D eigenvalue weighted by Crippen LogP contribution is -2.67. The van der Waals surface area contributed by atoms with Crippen LogP contribution in [0.4, 0.5) is 18.0 Å². The first kappa shape index (κ1) is 33.7. The van der Waals surface area contributed by atoms with E-state index in [-0.39, 0.29) is 57.3 Å². The molecule has 2 aromatic rings. The van der Waals surface area contributed by atoms with Gasteiger partial charge in [-0.25, -0.2) is 4.79 Å². The number of fused-ring (bicyclic) bond motifs is 2. The third-order valence-corrected chi connectivity index (χ3v) is 15.1. The van der Waals surface area contributed by atoms with Crippen LogP contribution in [-0.2, 0) is 15.7 Å². The highest BCUT2D eigenvalue weighted by Crippen LogP contribution is 2.79. The quantitative estimate of drug-likeness (QED) is 0.245. The summed E-state index contributed by atoms with van der Waals surface area (Å²) in [4.78, 5) is 30.3. The molecular weight excluding hydrogens is 683 g/mol. The summed E-state index contributed by atoms with van der Waals surface area (Å²) in [6.45, 7) is 6.28. The van der Waals surface area contributed by atoms with Crippen LogP contribution in [0.3, 0.4) is 0 Å². The van der Waals surface area contributed by atoms with E-state index in [9.17, 15) is 27.9 Å². The van der Waals surface area contributed by atoms with Gasteiger partial charge in [-0.05, 0) is 105 Å². The summed E-state index contributed by atoms with van der Waals surface area (Å²) in [6, 6.07) is 6.08. The Balaban J connectivity index is 1.12. The lowest BCUT2D eigenvalue weighted by Gasteiger charge is -2.71. The molecule has 11 heteroatoms. The monoisotopic (exact) mass is 725 g/mol. The number of allylic oxidation sites excluding steroid dienone is 4. The van der Waals surface area contributed by atoms with E-state index in [4.69, 9.17) is 25.5 Å². The number of ether oxygens (including phenoxy) is 2. The molecule has 6 aliphatic carbocycles. The molecule has 51 heavy (non-hydrogen) atoms. The molecule has 3 saturated carbocycles. The molecule has 7 nitrogen and oxygen atoms in total. The molecule has 1 aromatic heterocycles. The lowest BCUT2D eigenvalue weighted by atomic mass is 9.32. The Labute approximate surface area is 300 Å².